The number of rotatable bonds is 3. The van der Waals surface area contributed by atoms with Crippen molar-refractivity contribution in [3.8, 4) is 0 Å². The summed E-state index contributed by atoms with van der Waals surface area (Å²) in [5.74, 6) is -0.627. The molecule has 0 aliphatic carbocycles. The first-order chi connectivity index (χ1) is 8.97. The zero-order valence-electron chi connectivity index (χ0n) is 10.5. The van der Waals surface area contributed by atoms with Crippen LogP contribution in [0.25, 0.3) is 0 Å². The fourth-order valence-corrected chi connectivity index (χ4v) is 2.40. The van der Waals surface area contributed by atoms with Crippen LogP contribution < -0.4 is 5.73 Å². The third-order valence-electron chi connectivity index (χ3n) is 2.99. The molecule has 0 aromatic heterocycles. The second kappa shape index (κ2) is 5.80. The molecule has 19 heavy (non-hydrogen) atoms. The third kappa shape index (κ3) is 3.39. The molecule has 4 heteroatoms. The highest BCUT2D eigenvalue weighted by molar-refractivity contribution is 9.10. The van der Waals surface area contributed by atoms with Crippen molar-refractivity contribution < 1.29 is 8.78 Å². The van der Waals surface area contributed by atoms with Gasteiger partial charge in [0.2, 0.25) is 0 Å². The summed E-state index contributed by atoms with van der Waals surface area (Å²) < 4.78 is 27.2. The van der Waals surface area contributed by atoms with Crippen LogP contribution in [0.2, 0.25) is 0 Å². The van der Waals surface area contributed by atoms with E-state index in [1.165, 1.54) is 12.1 Å². The molecule has 1 unspecified atom stereocenters. The van der Waals surface area contributed by atoms with Crippen LogP contribution in [0.1, 0.15) is 22.7 Å². The van der Waals surface area contributed by atoms with E-state index >= 15 is 0 Å². The van der Waals surface area contributed by atoms with Gasteiger partial charge in [-0.1, -0.05) is 23.8 Å². The van der Waals surface area contributed by atoms with Crippen LogP contribution >= 0.6 is 15.9 Å². The molecular formula is C15H14BrF2N. The lowest BCUT2D eigenvalue weighted by Crippen LogP contribution is -2.15. The van der Waals surface area contributed by atoms with E-state index in [0.717, 1.165) is 11.1 Å². The summed E-state index contributed by atoms with van der Waals surface area (Å²) in [7, 11) is 0. The normalized spacial score (nSPS) is 12.5. The van der Waals surface area contributed by atoms with E-state index in [1.54, 1.807) is 24.3 Å². The highest BCUT2D eigenvalue weighted by Crippen LogP contribution is 2.23. The highest BCUT2D eigenvalue weighted by Gasteiger charge is 2.13. The minimum Gasteiger partial charge on any atom is -0.324 e. The van der Waals surface area contributed by atoms with Crippen LogP contribution in [-0.4, -0.2) is 0 Å². The fourth-order valence-electron chi connectivity index (χ4n) is 1.98. The van der Waals surface area contributed by atoms with Crippen molar-refractivity contribution in [1.82, 2.24) is 0 Å². The summed E-state index contributed by atoms with van der Waals surface area (Å²) in [5, 5.41) is 0. The molecule has 2 aromatic carbocycles. The van der Waals surface area contributed by atoms with Crippen molar-refractivity contribution >= 4 is 15.9 Å². The van der Waals surface area contributed by atoms with Gasteiger partial charge in [-0.2, -0.15) is 0 Å². The average Bonchev–Trinajstić information content (AvgIpc) is 2.36. The van der Waals surface area contributed by atoms with Gasteiger partial charge in [-0.3, -0.25) is 0 Å². The van der Waals surface area contributed by atoms with Gasteiger partial charge >= 0.3 is 0 Å². The quantitative estimate of drug-likeness (QED) is 0.895. The van der Waals surface area contributed by atoms with E-state index in [4.69, 9.17) is 5.73 Å². The van der Waals surface area contributed by atoms with Gasteiger partial charge in [-0.05, 0) is 53.0 Å². The first kappa shape index (κ1) is 14.2. The Morgan fingerprint density at radius 1 is 1.11 bits per heavy atom. The number of aryl methyl sites for hydroxylation is 1. The van der Waals surface area contributed by atoms with Gasteiger partial charge in [0.15, 0.2) is 0 Å². The largest absolute Gasteiger partial charge is 0.324 e. The van der Waals surface area contributed by atoms with Crippen molar-refractivity contribution in [3.05, 3.63) is 69.2 Å². The standard InChI is InChI=1S/C15H14BrF2N/c1-9-2-4-13(17)11(6-9)15(19)8-10-3-5-14(18)12(16)7-10/h2-7,15H,8,19H2,1H3. The van der Waals surface area contributed by atoms with E-state index < -0.39 is 6.04 Å². The van der Waals surface area contributed by atoms with E-state index in [-0.39, 0.29) is 11.6 Å². The van der Waals surface area contributed by atoms with Gasteiger partial charge < -0.3 is 5.73 Å². The van der Waals surface area contributed by atoms with Crippen molar-refractivity contribution in [1.29, 1.82) is 0 Å². The number of nitrogens with two attached hydrogens (primary N) is 1. The van der Waals surface area contributed by atoms with Crippen molar-refractivity contribution in [2.75, 3.05) is 0 Å². The van der Waals surface area contributed by atoms with Crippen LogP contribution in [0, 0.1) is 18.6 Å². The van der Waals surface area contributed by atoms with Gasteiger partial charge in [0, 0.05) is 11.6 Å². The van der Waals surface area contributed by atoms with Gasteiger partial charge in [0.05, 0.1) is 4.47 Å². The molecule has 2 N–H and O–H groups in total. The zero-order chi connectivity index (χ0) is 14.0. The van der Waals surface area contributed by atoms with E-state index in [0.29, 0.717) is 16.5 Å². The van der Waals surface area contributed by atoms with Crippen LogP contribution in [0.3, 0.4) is 0 Å². The number of hydrogen-bond donors (Lipinski definition) is 1. The Labute approximate surface area is 119 Å². The molecule has 0 bridgehead atoms. The molecule has 0 heterocycles. The topological polar surface area (TPSA) is 26.0 Å². The van der Waals surface area contributed by atoms with Gasteiger partial charge in [0.1, 0.15) is 11.6 Å². The highest BCUT2D eigenvalue weighted by atomic mass is 79.9. The molecule has 1 nitrogen and oxygen atoms in total. The molecular weight excluding hydrogens is 312 g/mol. The predicted molar refractivity (Wildman–Crippen MR) is 75.9 cm³/mol. The smallest absolute Gasteiger partial charge is 0.137 e. The molecule has 0 aliphatic heterocycles. The minimum absolute atomic E-state index is 0.306. The van der Waals surface area contributed by atoms with Crippen molar-refractivity contribution in [2.45, 2.75) is 19.4 Å². The van der Waals surface area contributed by atoms with Gasteiger partial charge in [-0.25, -0.2) is 8.78 Å². The molecule has 0 amide bonds. The van der Waals surface area contributed by atoms with Crippen LogP contribution in [0.4, 0.5) is 8.78 Å². The fraction of sp³-hybridized carbons (Fsp3) is 0.200. The number of halogens is 3. The van der Waals surface area contributed by atoms with E-state index in [9.17, 15) is 8.78 Å². The lowest BCUT2D eigenvalue weighted by Gasteiger charge is -2.14. The van der Waals surface area contributed by atoms with Crippen LogP contribution in [-0.2, 0) is 6.42 Å². The Kier molecular flexibility index (Phi) is 4.32. The van der Waals surface area contributed by atoms with E-state index in [1.807, 2.05) is 6.92 Å². The molecule has 0 fully saturated rings. The number of hydrogen-bond acceptors (Lipinski definition) is 1. The summed E-state index contributed by atoms with van der Waals surface area (Å²) in [5.41, 5.74) is 8.35. The molecule has 0 saturated carbocycles. The molecule has 2 rings (SSSR count). The molecule has 0 spiro atoms. The molecule has 0 saturated heterocycles. The summed E-state index contributed by atoms with van der Waals surface area (Å²) in [6.07, 6.45) is 0.458. The molecule has 2 aromatic rings. The molecule has 1 atom stereocenters. The first-order valence-corrected chi connectivity index (χ1v) is 6.72. The summed E-state index contributed by atoms with van der Waals surface area (Å²) >= 11 is 3.13. The Bertz CT molecular complexity index is 599. The lowest BCUT2D eigenvalue weighted by molar-refractivity contribution is 0.578. The number of benzene rings is 2. The molecule has 0 radical (unpaired) electrons. The Balaban J connectivity index is 2.22. The predicted octanol–water partition coefficient (Wildman–Crippen LogP) is 4.28. The Morgan fingerprint density at radius 2 is 1.79 bits per heavy atom. The minimum atomic E-state index is -0.447. The third-order valence-corrected chi connectivity index (χ3v) is 3.60. The maximum absolute atomic E-state index is 13.7. The van der Waals surface area contributed by atoms with Crippen molar-refractivity contribution in [3.63, 3.8) is 0 Å². The van der Waals surface area contributed by atoms with Gasteiger partial charge in [0.25, 0.3) is 0 Å². The summed E-state index contributed by atoms with van der Waals surface area (Å²) in [6.45, 7) is 1.89. The van der Waals surface area contributed by atoms with Crippen LogP contribution in [0.15, 0.2) is 40.9 Å². The van der Waals surface area contributed by atoms with Gasteiger partial charge in [-0.15, -0.1) is 0 Å². The molecule has 100 valence electrons. The second-order valence-corrected chi connectivity index (χ2v) is 5.44. The summed E-state index contributed by atoms with van der Waals surface area (Å²) in [6, 6.07) is 9.14. The summed E-state index contributed by atoms with van der Waals surface area (Å²) in [4.78, 5) is 0. The Morgan fingerprint density at radius 3 is 2.47 bits per heavy atom. The van der Waals surface area contributed by atoms with Crippen LogP contribution in [0.5, 0.6) is 0 Å². The average molecular weight is 326 g/mol. The lowest BCUT2D eigenvalue weighted by atomic mass is 9.98. The SMILES string of the molecule is Cc1ccc(F)c(C(N)Cc2ccc(F)c(Br)c2)c1. The zero-order valence-corrected chi connectivity index (χ0v) is 12.0. The van der Waals surface area contributed by atoms with E-state index in [2.05, 4.69) is 15.9 Å². The first-order valence-electron chi connectivity index (χ1n) is 5.93. The Hall–Kier alpha value is -1.26. The maximum atomic E-state index is 13.7. The molecule has 0 aliphatic rings. The second-order valence-electron chi connectivity index (χ2n) is 4.58. The monoisotopic (exact) mass is 325 g/mol. The maximum Gasteiger partial charge on any atom is 0.137 e. The van der Waals surface area contributed by atoms with Crippen molar-refractivity contribution in [2.24, 2.45) is 5.73 Å².